The lowest BCUT2D eigenvalue weighted by atomic mass is 9.96. The van der Waals surface area contributed by atoms with Gasteiger partial charge >= 0.3 is 11.9 Å². The molecule has 1 unspecified atom stereocenters. The van der Waals surface area contributed by atoms with Gasteiger partial charge in [0.05, 0.1) is 18.9 Å². The molecule has 0 saturated heterocycles. The third-order valence-corrected chi connectivity index (χ3v) is 7.07. The van der Waals surface area contributed by atoms with Crippen LogP contribution in [0.25, 0.3) is 0 Å². The Morgan fingerprint density at radius 1 is 0.652 bits per heavy atom. The Morgan fingerprint density at radius 3 is 1.57 bits per heavy atom. The van der Waals surface area contributed by atoms with E-state index in [2.05, 4.69) is 26.6 Å². The fourth-order valence-electron chi connectivity index (χ4n) is 4.12. The SMILES string of the molecule is CCC(C)[C@H](NC(=O)[C@H](CC(N)=O)NC(=O)[C@H](C)N)C(=O)N[C@@H](CC(=O)O)C(=O)N[C@H](C(=O)N[C@@H](CCCCN)C(=O)O)C(C)C. The number of unbranched alkanes of at least 4 members (excludes halogenated alkanes) is 1. The molecule has 0 saturated carbocycles. The minimum atomic E-state index is -1.72. The molecule has 13 N–H and O–H groups in total. The van der Waals surface area contributed by atoms with Crippen molar-refractivity contribution >= 4 is 47.4 Å². The van der Waals surface area contributed by atoms with Crippen LogP contribution in [0.15, 0.2) is 0 Å². The molecule has 0 aliphatic rings. The van der Waals surface area contributed by atoms with E-state index in [-0.39, 0.29) is 6.42 Å². The molecule has 0 fully saturated rings. The Balaban J connectivity index is 6.04. The molecule has 0 aliphatic heterocycles. The maximum absolute atomic E-state index is 13.4. The molecule has 0 spiro atoms. The highest BCUT2D eigenvalue weighted by molar-refractivity contribution is 5.98. The monoisotopic (exact) mass is 658 g/mol. The highest BCUT2D eigenvalue weighted by atomic mass is 16.4. The summed E-state index contributed by atoms with van der Waals surface area (Å²) in [5.74, 6) is -9.42. The number of primary amides is 1. The van der Waals surface area contributed by atoms with Crippen LogP contribution >= 0.6 is 0 Å². The van der Waals surface area contributed by atoms with Crippen LogP contribution in [0.1, 0.15) is 73.1 Å². The molecule has 0 aliphatic carbocycles. The molecule has 0 rings (SSSR count). The second-order valence-corrected chi connectivity index (χ2v) is 11.5. The normalized spacial score (nSPS) is 15.6. The van der Waals surface area contributed by atoms with Gasteiger partial charge in [-0.05, 0) is 44.6 Å². The number of carboxylic acid groups (broad SMARTS) is 2. The summed E-state index contributed by atoms with van der Waals surface area (Å²) in [6, 6.07) is -8.16. The molecule has 7 atom stereocenters. The number of carboxylic acids is 2. The molecule has 0 aromatic heterocycles. The number of aliphatic carboxylic acids is 2. The molecular formula is C28H50N8O10. The Hall–Kier alpha value is -4.32. The van der Waals surface area contributed by atoms with Crippen molar-refractivity contribution < 1.29 is 48.6 Å². The average molecular weight is 659 g/mol. The van der Waals surface area contributed by atoms with Gasteiger partial charge in [-0.1, -0.05) is 34.1 Å². The van der Waals surface area contributed by atoms with E-state index in [9.17, 15) is 48.6 Å². The largest absolute Gasteiger partial charge is 0.481 e. The lowest BCUT2D eigenvalue weighted by Crippen LogP contribution is -2.61. The summed E-state index contributed by atoms with van der Waals surface area (Å²) in [6.45, 7) is 8.11. The standard InChI is InChI=1S/C28H50N8O10/c1-6-14(4)22(36-24(41)17(11-19(31)37)33-23(40)15(5)30)27(44)34-18(12-20(38)39)25(42)35-21(13(2)3)26(43)32-16(28(45)46)9-7-8-10-29/h13-18,21-22H,6-12,29-30H2,1-5H3,(H2,31,37)(H,32,43)(H,33,40)(H,34,44)(H,35,42)(H,36,41)(H,38,39)(H,45,46)/t14?,15-,16-,17-,18-,21-,22-/m0/s1. The van der Waals surface area contributed by atoms with Crippen molar-refractivity contribution in [2.24, 2.45) is 29.0 Å². The summed E-state index contributed by atoms with van der Waals surface area (Å²) >= 11 is 0. The van der Waals surface area contributed by atoms with E-state index in [4.69, 9.17) is 17.2 Å². The van der Waals surface area contributed by atoms with Crippen LogP contribution in [0.2, 0.25) is 0 Å². The van der Waals surface area contributed by atoms with Crippen molar-refractivity contribution in [3.05, 3.63) is 0 Å². The minimum absolute atomic E-state index is 0.0900. The van der Waals surface area contributed by atoms with Gasteiger partial charge in [-0.15, -0.1) is 0 Å². The van der Waals surface area contributed by atoms with Gasteiger partial charge in [0.1, 0.15) is 30.2 Å². The number of carbonyl (C=O) groups excluding carboxylic acids is 6. The van der Waals surface area contributed by atoms with Crippen LogP contribution in [0, 0.1) is 11.8 Å². The van der Waals surface area contributed by atoms with Crippen LogP contribution < -0.4 is 43.8 Å². The Labute approximate surface area is 267 Å². The molecule has 18 heteroatoms. The van der Waals surface area contributed by atoms with Crippen LogP contribution in [-0.2, 0) is 38.4 Å². The summed E-state index contributed by atoms with van der Waals surface area (Å²) in [5, 5.41) is 30.7. The lowest BCUT2D eigenvalue weighted by Gasteiger charge is -2.29. The van der Waals surface area contributed by atoms with Crippen molar-refractivity contribution in [2.45, 2.75) is 109 Å². The van der Waals surface area contributed by atoms with E-state index >= 15 is 0 Å². The zero-order chi connectivity index (χ0) is 35.7. The smallest absolute Gasteiger partial charge is 0.326 e. The van der Waals surface area contributed by atoms with Crippen molar-refractivity contribution in [1.29, 1.82) is 0 Å². The quantitative estimate of drug-likeness (QED) is 0.0521. The third-order valence-electron chi connectivity index (χ3n) is 7.07. The minimum Gasteiger partial charge on any atom is -0.481 e. The molecular weight excluding hydrogens is 608 g/mol. The number of carbonyl (C=O) groups is 8. The molecule has 0 radical (unpaired) electrons. The third kappa shape index (κ3) is 15.1. The zero-order valence-electron chi connectivity index (χ0n) is 27.0. The van der Waals surface area contributed by atoms with Crippen LogP contribution in [-0.4, -0.2) is 100 Å². The van der Waals surface area contributed by atoms with Crippen LogP contribution in [0.3, 0.4) is 0 Å². The Bertz CT molecular complexity index is 1100. The van der Waals surface area contributed by atoms with Crippen LogP contribution in [0.5, 0.6) is 0 Å². The number of nitrogens with two attached hydrogens (primary N) is 3. The molecule has 46 heavy (non-hydrogen) atoms. The maximum atomic E-state index is 13.4. The van der Waals surface area contributed by atoms with Gasteiger partial charge in [-0.3, -0.25) is 33.6 Å². The van der Waals surface area contributed by atoms with Crippen molar-refractivity contribution in [1.82, 2.24) is 26.6 Å². The number of hydrogen-bond donors (Lipinski definition) is 10. The van der Waals surface area contributed by atoms with E-state index in [0.29, 0.717) is 25.8 Å². The predicted octanol–water partition coefficient (Wildman–Crippen LogP) is -2.98. The molecule has 262 valence electrons. The van der Waals surface area contributed by atoms with Gasteiger partial charge in [0.25, 0.3) is 0 Å². The Kier molecular flexibility index (Phi) is 18.7. The summed E-state index contributed by atoms with van der Waals surface area (Å²) in [6.07, 6.45) is -0.145. The fourth-order valence-corrected chi connectivity index (χ4v) is 4.12. The summed E-state index contributed by atoms with van der Waals surface area (Å²) < 4.78 is 0. The van der Waals surface area contributed by atoms with Gasteiger partial charge < -0.3 is 54.0 Å². The van der Waals surface area contributed by atoms with Gasteiger partial charge in [0, 0.05) is 0 Å². The zero-order valence-corrected chi connectivity index (χ0v) is 27.0. The van der Waals surface area contributed by atoms with E-state index in [1.165, 1.54) is 6.92 Å². The summed E-state index contributed by atoms with van der Waals surface area (Å²) in [4.78, 5) is 99.7. The first-order chi connectivity index (χ1) is 21.4. The van der Waals surface area contributed by atoms with Gasteiger partial charge in [-0.25, -0.2) is 4.79 Å². The molecule has 0 aromatic rings. The molecule has 0 bridgehead atoms. The molecule has 0 aromatic carbocycles. The fraction of sp³-hybridized carbons (Fsp3) is 0.714. The van der Waals surface area contributed by atoms with E-state index in [1.54, 1.807) is 27.7 Å². The van der Waals surface area contributed by atoms with Crippen LogP contribution in [0.4, 0.5) is 0 Å². The maximum Gasteiger partial charge on any atom is 0.326 e. The Morgan fingerprint density at radius 2 is 1.13 bits per heavy atom. The summed E-state index contributed by atoms with van der Waals surface area (Å²) in [7, 11) is 0. The summed E-state index contributed by atoms with van der Waals surface area (Å²) in [5.41, 5.74) is 16.2. The second-order valence-electron chi connectivity index (χ2n) is 11.5. The van der Waals surface area contributed by atoms with Crippen molar-refractivity contribution in [3.63, 3.8) is 0 Å². The molecule has 6 amide bonds. The lowest BCUT2D eigenvalue weighted by molar-refractivity contribution is -0.144. The number of rotatable bonds is 22. The first-order valence-electron chi connectivity index (χ1n) is 15.1. The van der Waals surface area contributed by atoms with E-state index < -0.39 is 108 Å². The second kappa shape index (κ2) is 20.7. The van der Waals surface area contributed by atoms with Gasteiger partial charge in [0.2, 0.25) is 35.4 Å². The van der Waals surface area contributed by atoms with E-state index in [0.717, 1.165) is 0 Å². The van der Waals surface area contributed by atoms with Gasteiger partial charge in [-0.2, -0.15) is 0 Å². The van der Waals surface area contributed by atoms with Crippen molar-refractivity contribution in [2.75, 3.05) is 6.54 Å². The number of nitrogens with one attached hydrogen (secondary N) is 5. The first kappa shape index (κ1) is 41.7. The number of hydrogen-bond acceptors (Lipinski definition) is 10. The highest BCUT2D eigenvalue weighted by Gasteiger charge is 2.36. The molecule has 18 nitrogen and oxygen atoms in total. The predicted molar refractivity (Wildman–Crippen MR) is 164 cm³/mol. The van der Waals surface area contributed by atoms with E-state index in [1.807, 2.05) is 0 Å². The van der Waals surface area contributed by atoms with Gasteiger partial charge in [0.15, 0.2) is 0 Å². The molecule has 0 heterocycles. The highest BCUT2D eigenvalue weighted by Crippen LogP contribution is 2.11. The first-order valence-corrected chi connectivity index (χ1v) is 15.1. The van der Waals surface area contributed by atoms with Crippen molar-refractivity contribution in [3.8, 4) is 0 Å². The average Bonchev–Trinajstić information content (AvgIpc) is 2.95. The number of amides is 6. The topological polar surface area (TPSA) is 315 Å².